The highest BCUT2D eigenvalue weighted by molar-refractivity contribution is 5.83. The summed E-state index contributed by atoms with van der Waals surface area (Å²) in [6.07, 6.45) is 5.30. The van der Waals surface area contributed by atoms with Crippen LogP contribution in [0.5, 0.6) is 0 Å². The lowest BCUT2D eigenvalue weighted by Gasteiger charge is -2.14. The van der Waals surface area contributed by atoms with Crippen molar-refractivity contribution in [3.05, 3.63) is 48.9 Å². The van der Waals surface area contributed by atoms with Crippen LogP contribution in [0.1, 0.15) is 13.8 Å². The molecule has 0 saturated carbocycles. The Morgan fingerprint density at radius 2 is 2.00 bits per heavy atom. The lowest BCUT2D eigenvalue weighted by atomic mass is 10.1. The summed E-state index contributed by atoms with van der Waals surface area (Å²) in [6, 6.07) is 9.62. The molecule has 0 aromatic carbocycles. The summed E-state index contributed by atoms with van der Waals surface area (Å²) in [5, 5.41) is 7.28. The molecule has 7 heteroatoms. The second kappa shape index (κ2) is 5.77. The third kappa shape index (κ3) is 3.13. The Morgan fingerprint density at radius 3 is 2.84 bits per heavy atom. The molecule has 0 radical (unpaired) electrons. The molecule has 4 heterocycles. The van der Waals surface area contributed by atoms with Gasteiger partial charge in [0.05, 0.1) is 35.0 Å². The Bertz CT molecular complexity index is 1050. The third-order valence-electron chi connectivity index (χ3n) is 3.82. The first kappa shape index (κ1) is 15.4. The van der Waals surface area contributed by atoms with Gasteiger partial charge in [-0.2, -0.15) is 0 Å². The van der Waals surface area contributed by atoms with Gasteiger partial charge in [0, 0.05) is 18.0 Å². The van der Waals surface area contributed by atoms with Crippen LogP contribution in [0.2, 0.25) is 0 Å². The van der Waals surface area contributed by atoms with Crippen molar-refractivity contribution < 1.29 is 4.39 Å². The number of alkyl halides is 1. The molecule has 0 saturated heterocycles. The number of hydrogen-bond acceptors (Lipinski definition) is 5. The van der Waals surface area contributed by atoms with E-state index in [-0.39, 0.29) is 6.54 Å². The Labute approximate surface area is 143 Å². The standard InChI is InChI=1S/C18H17FN6/c1-18(2,19)11-22-17-21-10-16-12(7-9-25(16)24-17)13-5-6-14-15(23-13)4-3-8-20-14/h3-10H,11H2,1-2H3,(H,22,24). The van der Waals surface area contributed by atoms with Crippen LogP contribution in [0, 0.1) is 0 Å². The Balaban J connectivity index is 1.70. The van der Waals surface area contributed by atoms with Crippen LogP contribution < -0.4 is 5.32 Å². The van der Waals surface area contributed by atoms with Crippen molar-refractivity contribution in [1.82, 2.24) is 24.6 Å². The fraction of sp³-hybridized carbons (Fsp3) is 0.222. The largest absolute Gasteiger partial charge is 0.350 e. The van der Waals surface area contributed by atoms with E-state index in [0.717, 1.165) is 27.8 Å². The molecular formula is C18H17FN6. The zero-order chi connectivity index (χ0) is 17.4. The Morgan fingerprint density at radius 1 is 1.12 bits per heavy atom. The van der Waals surface area contributed by atoms with E-state index in [4.69, 9.17) is 0 Å². The number of halogens is 1. The maximum absolute atomic E-state index is 13.6. The number of pyridine rings is 2. The van der Waals surface area contributed by atoms with E-state index in [1.807, 2.05) is 36.5 Å². The third-order valence-corrected chi connectivity index (χ3v) is 3.82. The molecule has 4 aromatic heterocycles. The minimum absolute atomic E-state index is 0.145. The minimum Gasteiger partial charge on any atom is -0.350 e. The van der Waals surface area contributed by atoms with Crippen molar-refractivity contribution in [2.75, 3.05) is 11.9 Å². The van der Waals surface area contributed by atoms with Gasteiger partial charge in [-0.15, -0.1) is 5.10 Å². The second-order valence-corrected chi connectivity index (χ2v) is 6.45. The highest BCUT2D eigenvalue weighted by Gasteiger charge is 2.16. The van der Waals surface area contributed by atoms with Crippen molar-refractivity contribution in [3.8, 4) is 11.3 Å². The summed E-state index contributed by atoms with van der Waals surface area (Å²) in [5.74, 6) is 0.385. The molecule has 6 nitrogen and oxygen atoms in total. The van der Waals surface area contributed by atoms with Gasteiger partial charge in [0.1, 0.15) is 5.67 Å². The molecule has 25 heavy (non-hydrogen) atoms. The molecule has 0 atom stereocenters. The second-order valence-electron chi connectivity index (χ2n) is 6.45. The molecule has 0 amide bonds. The van der Waals surface area contributed by atoms with Crippen LogP contribution in [0.4, 0.5) is 10.3 Å². The van der Waals surface area contributed by atoms with Crippen LogP contribution >= 0.6 is 0 Å². The monoisotopic (exact) mass is 336 g/mol. The fourth-order valence-electron chi connectivity index (χ4n) is 2.59. The summed E-state index contributed by atoms with van der Waals surface area (Å²) in [6.45, 7) is 3.16. The lowest BCUT2D eigenvalue weighted by molar-refractivity contribution is 0.234. The van der Waals surface area contributed by atoms with Crippen LogP contribution in [0.25, 0.3) is 27.8 Å². The van der Waals surface area contributed by atoms with Gasteiger partial charge >= 0.3 is 0 Å². The van der Waals surface area contributed by atoms with Crippen molar-refractivity contribution in [2.45, 2.75) is 19.5 Å². The van der Waals surface area contributed by atoms with E-state index in [2.05, 4.69) is 25.4 Å². The van der Waals surface area contributed by atoms with Crippen molar-refractivity contribution in [3.63, 3.8) is 0 Å². The van der Waals surface area contributed by atoms with Crippen molar-refractivity contribution in [1.29, 1.82) is 0 Å². The van der Waals surface area contributed by atoms with Crippen molar-refractivity contribution >= 4 is 22.5 Å². The SMILES string of the molecule is CC(C)(F)CNc1ncc2c(-c3ccc4ncccc4n3)ccn2n1. The quantitative estimate of drug-likeness (QED) is 0.618. The van der Waals surface area contributed by atoms with Gasteiger partial charge in [-0.1, -0.05) is 0 Å². The maximum atomic E-state index is 13.6. The Hall–Kier alpha value is -3.09. The van der Waals surface area contributed by atoms with Gasteiger partial charge in [0.25, 0.3) is 0 Å². The first-order valence-electron chi connectivity index (χ1n) is 7.99. The van der Waals surface area contributed by atoms with Crippen LogP contribution in [0.3, 0.4) is 0 Å². The molecule has 4 aromatic rings. The lowest BCUT2D eigenvalue weighted by Crippen LogP contribution is -2.25. The van der Waals surface area contributed by atoms with Gasteiger partial charge < -0.3 is 5.32 Å². The first-order chi connectivity index (χ1) is 12.0. The van der Waals surface area contributed by atoms with Crippen LogP contribution in [-0.4, -0.2) is 36.8 Å². The molecule has 1 N–H and O–H groups in total. The van der Waals surface area contributed by atoms with Crippen LogP contribution in [0.15, 0.2) is 48.9 Å². The van der Waals surface area contributed by atoms with E-state index in [0.29, 0.717) is 5.95 Å². The molecular weight excluding hydrogens is 319 g/mol. The molecule has 0 bridgehead atoms. The highest BCUT2D eigenvalue weighted by Crippen LogP contribution is 2.25. The molecule has 0 fully saturated rings. The Kier molecular flexibility index (Phi) is 3.56. The number of anilines is 1. The number of hydrogen-bond donors (Lipinski definition) is 1. The van der Waals surface area contributed by atoms with Gasteiger partial charge in [0.15, 0.2) is 0 Å². The van der Waals surface area contributed by atoms with Gasteiger partial charge in [-0.25, -0.2) is 18.9 Å². The maximum Gasteiger partial charge on any atom is 0.241 e. The molecule has 0 aliphatic heterocycles. The van der Waals surface area contributed by atoms with Gasteiger partial charge in [-0.05, 0) is 44.2 Å². The zero-order valence-electron chi connectivity index (χ0n) is 13.9. The molecule has 0 aliphatic carbocycles. The van der Waals surface area contributed by atoms with E-state index in [1.54, 1.807) is 16.9 Å². The number of rotatable bonds is 4. The highest BCUT2D eigenvalue weighted by atomic mass is 19.1. The topological polar surface area (TPSA) is 68.0 Å². The predicted octanol–water partition coefficient (Wildman–Crippen LogP) is 3.50. The van der Waals surface area contributed by atoms with Crippen LogP contribution in [-0.2, 0) is 0 Å². The predicted molar refractivity (Wildman–Crippen MR) is 95.2 cm³/mol. The van der Waals surface area contributed by atoms with E-state index >= 15 is 0 Å². The summed E-state index contributed by atoms with van der Waals surface area (Å²) in [7, 11) is 0. The number of aromatic nitrogens is 5. The fourth-order valence-corrected chi connectivity index (χ4v) is 2.59. The molecule has 126 valence electrons. The number of fused-ring (bicyclic) bond motifs is 2. The molecule has 4 rings (SSSR count). The van der Waals surface area contributed by atoms with E-state index < -0.39 is 5.67 Å². The normalized spacial score (nSPS) is 12.0. The zero-order valence-corrected chi connectivity index (χ0v) is 13.9. The smallest absolute Gasteiger partial charge is 0.241 e. The van der Waals surface area contributed by atoms with E-state index in [1.165, 1.54) is 13.8 Å². The summed E-state index contributed by atoms with van der Waals surface area (Å²) in [4.78, 5) is 13.2. The van der Waals surface area contributed by atoms with Crippen molar-refractivity contribution in [2.24, 2.45) is 0 Å². The first-order valence-corrected chi connectivity index (χ1v) is 7.99. The van der Waals surface area contributed by atoms with Gasteiger partial charge in [-0.3, -0.25) is 4.98 Å². The minimum atomic E-state index is -1.33. The number of nitrogens with one attached hydrogen (secondary N) is 1. The average molecular weight is 336 g/mol. The number of nitrogens with zero attached hydrogens (tertiary/aromatic N) is 5. The summed E-state index contributed by atoms with van der Waals surface area (Å²) >= 11 is 0. The average Bonchev–Trinajstić information content (AvgIpc) is 3.02. The van der Waals surface area contributed by atoms with Gasteiger partial charge in [0.2, 0.25) is 5.95 Å². The molecule has 0 aliphatic rings. The van der Waals surface area contributed by atoms with E-state index in [9.17, 15) is 4.39 Å². The molecule has 0 spiro atoms. The summed E-state index contributed by atoms with van der Waals surface area (Å²) in [5.41, 5.74) is 2.96. The summed E-state index contributed by atoms with van der Waals surface area (Å²) < 4.78 is 15.3. The molecule has 0 unspecified atom stereocenters.